The van der Waals surface area contributed by atoms with Crippen LogP contribution in [0.5, 0.6) is 0 Å². The summed E-state index contributed by atoms with van der Waals surface area (Å²) in [5.74, 6) is -0.846. The summed E-state index contributed by atoms with van der Waals surface area (Å²) in [6.45, 7) is 4.22. The smallest absolute Gasteiger partial charge is 0.308 e. The molecule has 0 spiro atoms. The van der Waals surface area contributed by atoms with Gasteiger partial charge in [0.25, 0.3) is 0 Å². The largest absolute Gasteiger partial charge is 0.481 e. The minimum Gasteiger partial charge on any atom is -0.481 e. The van der Waals surface area contributed by atoms with Crippen LogP contribution in [0.3, 0.4) is 0 Å². The van der Waals surface area contributed by atoms with E-state index in [1.807, 2.05) is 0 Å². The maximum absolute atomic E-state index is 10.3. The van der Waals surface area contributed by atoms with Crippen LogP contribution in [-0.2, 0) is 4.79 Å². The molecule has 2 atom stereocenters. The van der Waals surface area contributed by atoms with E-state index in [9.17, 15) is 4.79 Å². The molecule has 0 aliphatic heterocycles. The first-order valence-electron chi connectivity index (χ1n) is 3.32. The lowest BCUT2D eigenvalue weighted by atomic mass is 10.4. The molecule has 1 aliphatic carbocycles. The summed E-state index contributed by atoms with van der Waals surface area (Å²) in [7, 11) is 0. The van der Waals surface area contributed by atoms with E-state index in [2.05, 4.69) is 11.9 Å². The molecule has 0 saturated heterocycles. The van der Waals surface area contributed by atoms with Gasteiger partial charge in [0.05, 0.1) is 5.92 Å². The molecule has 56 valence electrons. The zero-order valence-corrected chi connectivity index (χ0v) is 5.71. The summed E-state index contributed by atoms with van der Waals surface area (Å²) in [6.07, 6.45) is 2.50. The first kappa shape index (κ1) is 7.28. The summed E-state index contributed by atoms with van der Waals surface area (Å²) >= 11 is 0. The molecule has 1 aliphatic rings. The Balaban J connectivity index is 2.13. The molecular weight excluding hydrogens is 130 g/mol. The van der Waals surface area contributed by atoms with Gasteiger partial charge in [-0.3, -0.25) is 4.79 Å². The van der Waals surface area contributed by atoms with Crippen molar-refractivity contribution in [2.45, 2.75) is 12.5 Å². The molecule has 3 nitrogen and oxygen atoms in total. The molecule has 1 fully saturated rings. The minimum atomic E-state index is -0.693. The lowest BCUT2D eigenvalue weighted by Crippen LogP contribution is -2.20. The molecule has 0 aromatic carbocycles. The van der Waals surface area contributed by atoms with Crippen molar-refractivity contribution in [1.82, 2.24) is 5.32 Å². The Hall–Kier alpha value is -0.830. The SMILES string of the molecule is C=CCNC1CC1C(=O)O. The van der Waals surface area contributed by atoms with E-state index in [0.717, 1.165) is 6.42 Å². The van der Waals surface area contributed by atoms with Crippen LogP contribution < -0.4 is 5.32 Å². The maximum atomic E-state index is 10.3. The van der Waals surface area contributed by atoms with E-state index in [0.29, 0.717) is 6.54 Å². The fourth-order valence-electron chi connectivity index (χ4n) is 0.928. The van der Waals surface area contributed by atoms with Gasteiger partial charge in [-0.15, -0.1) is 6.58 Å². The minimum absolute atomic E-state index is 0.153. The van der Waals surface area contributed by atoms with Crippen LogP contribution in [0.4, 0.5) is 0 Å². The first-order valence-corrected chi connectivity index (χ1v) is 3.32. The van der Waals surface area contributed by atoms with Crippen LogP contribution >= 0.6 is 0 Å². The van der Waals surface area contributed by atoms with Crippen molar-refractivity contribution in [3.63, 3.8) is 0 Å². The third-order valence-corrected chi connectivity index (χ3v) is 1.63. The quantitative estimate of drug-likeness (QED) is 0.551. The van der Waals surface area contributed by atoms with E-state index in [1.54, 1.807) is 6.08 Å². The van der Waals surface area contributed by atoms with Gasteiger partial charge in [0, 0.05) is 12.6 Å². The Morgan fingerprint density at radius 3 is 3.00 bits per heavy atom. The molecule has 3 heteroatoms. The molecule has 10 heavy (non-hydrogen) atoms. The molecular formula is C7H11NO2. The molecule has 1 rings (SSSR count). The predicted molar refractivity (Wildman–Crippen MR) is 37.7 cm³/mol. The van der Waals surface area contributed by atoms with E-state index in [1.165, 1.54) is 0 Å². The van der Waals surface area contributed by atoms with Crippen molar-refractivity contribution in [3.05, 3.63) is 12.7 Å². The van der Waals surface area contributed by atoms with Crippen molar-refractivity contribution >= 4 is 5.97 Å². The molecule has 0 aromatic rings. The maximum Gasteiger partial charge on any atom is 0.308 e. The third kappa shape index (κ3) is 1.57. The van der Waals surface area contributed by atoms with Gasteiger partial charge in [-0.25, -0.2) is 0 Å². The number of hydrogen-bond donors (Lipinski definition) is 2. The Morgan fingerprint density at radius 2 is 2.60 bits per heavy atom. The predicted octanol–water partition coefficient (Wildman–Crippen LogP) is 0.235. The topological polar surface area (TPSA) is 49.3 Å². The van der Waals surface area contributed by atoms with E-state index in [-0.39, 0.29) is 12.0 Å². The Kier molecular flexibility index (Phi) is 2.06. The Morgan fingerprint density at radius 1 is 1.90 bits per heavy atom. The summed E-state index contributed by atoms with van der Waals surface area (Å²) < 4.78 is 0. The van der Waals surface area contributed by atoms with Gasteiger partial charge in [0.2, 0.25) is 0 Å². The highest BCUT2D eigenvalue weighted by Crippen LogP contribution is 2.29. The number of rotatable bonds is 4. The fourth-order valence-corrected chi connectivity index (χ4v) is 0.928. The molecule has 0 radical (unpaired) electrons. The van der Waals surface area contributed by atoms with Crippen LogP contribution in [0.2, 0.25) is 0 Å². The molecule has 0 aromatic heterocycles. The van der Waals surface area contributed by atoms with Gasteiger partial charge in [0.1, 0.15) is 0 Å². The van der Waals surface area contributed by atoms with Crippen LogP contribution in [-0.4, -0.2) is 23.7 Å². The number of aliphatic carboxylic acids is 1. The summed E-state index contributed by atoms with van der Waals surface area (Å²) in [5.41, 5.74) is 0. The second kappa shape index (κ2) is 2.84. The summed E-state index contributed by atoms with van der Waals surface area (Å²) in [5, 5.41) is 11.5. The normalized spacial score (nSPS) is 29.6. The number of carbonyl (C=O) groups is 1. The molecule has 0 amide bonds. The Labute approximate surface area is 59.7 Å². The van der Waals surface area contributed by atoms with Gasteiger partial charge in [-0.05, 0) is 6.42 Å². The van der Waals surface area contributed by atoms with Crippen molar-refractivity contribution in [2.75, 3.05) is 6.54 Å². The van der Waals surface area contributed by atoms with E-state index >= 15 is 0 Å². The van der Waals surface area contributed by atoms with Crippen molar-refractivity contribution in [1.29, 1.82) is 0 Å². The number of hydrogen-bond acceptors (Lipinski definition) is 2. The highest BCUT2D eigenvalue weighted by Gasteiger charge is 2.42. The molecule has 1 saturated carbocycles. The molecule has 0 heterocycles. The highest BCUT2D eigenvalue weighted by atomic mass is 16.4. The lowest BCUT2D eigenvalue weighted by Gasteiger charge is -1.95. The van der Waals surface area contributed by atoms with Gasteiger partial charge in [0.15, 0.2) is 0 Å². The summed E-state index contributed by atoms with van der Waals surface area (Å²) in [6, 6.07) is 0.190. The van der Waals surface area contributed by atoms with Crippen molar-refractivity contribution < 1.29 is 9.90 Å². The average Bonchev–Trinajstić information content (AvgIpc) is 2.62. The fraction of sp³-hybridized carbons (Fsp3) is 0.571. The molecule has 2 N–H and O–H groups in total. The standard InChI is InChI=1S/C7H11NO2/c1-2-3-8-6-4-5(6)7(9)10/h2,5-6,8H,1,3-4H2,(H,9,10). The van der Waals surface area contributed by atoms with Crippen LogP contribution in [0.25, 0.3) is 0 Å². The number of nitrogens with one attached hydrogen (secondary N) is 1. The first-order chi connectivity index (χ1) is 4.75. The van der Waals surface area contributed by atoms with Crippen molar-refractivity contribution in [3.8, 4) is 0 Å². The summed E-state index contributed by atoms with van der Waals surface area (Å²) in [4.78, 5) is 10.3. The van der Waals surface area contributed by atoms with Gasteiger partial charge >= 0.3 is 5.97 Å². The highest BCUT2D eigenvalue weighted by molar-refractivity contribution is 5.74. The van der Waals surface area contributed by atoms with E-state index < -0.39 is 5.97 Å². The van der Waals surface area contributed by atoms with E-state index in [4.69, 9.17) is 5.11 Å². The second-order valence-corrected chi connectivity index (χ2v) is 2.48. The van der Waals surface area contributed by atoms with Crippen molar-refractivity contribution in [2.24, 2.45) is 5.92 Å². The Bertz CT molecular complexity index is 156. The van der Waals surface area contributed by atoms with Crippen LogP contribution in [0.15, 0.2) is 12.7 Å². The number of carboxylic acid groups (broad SMARTS) is 1. The second-order valence-electron chi connectivity index (χ2n) is 2.48. The van der Waals surface area contributed by atoms with Crippen LogP contribution in [0.1, 0.15) is 6.42 Å². The number of carboxylic acids is 1. The monoisotopic (exact) mass is 141 g/mol. The van der Waals surface area contributed by atoms with Crippen LogP contribution in [0, 0.1) is 5.92 Å². The van der Waals surface area contributed by atoms with Gasteiger partial charge < -0.3 is 10.4 Å². The zero-order chi connectivity index (χ0) is 7.56. The molecule has 0 bridgehead atoms. The third-order valence-electron chi connectivity index (χ3n) is 1.63. The lowest BCUT2D eigenvalue weighted by molar-refractivity contribution is -0.138. The van der Waals surface area contributed by atoms with Gasteiger partial charge in [-0.1, -0.05) is 6.08 Å². The zero-order valence-electron chi connectivity index (χ0n) is 5.71. The molecule has 2 unspecified atom stereocenters. The van der Waals surface area contributed by atoms with Gasteiger partial charge in [-0.2, -0.15) is 0 Å². The average molecular weight is 141 g/mol.